The molecule has 0 unspecified atom stereocenters. The lowest BCUT2D eigenvalue weighted by Crippen LogP contribution is -2.17. The summed E-state index contributed by atoms with van der Waals surface area (Å²) in [6.07, 6.45) is 0. The van der Waals surface area contributed by atoms with Crippen LogP contribution in [0.1, 0.15) is 25.0 Å². The SMILES string of the molecule is CC1(C)c2ccccc2-c2nc(-c3ccccc3-n3c4ccccc4c4ccc5c6ccccc6oc5c43)nc(-c3ccccc3)c21. The lowest BCUT2D eigenvalue weighted by molar-refractivity contribution is 0.658. The van der Waals surface area contributed by atoms with E-state index in [0.717, 1.165) is 66.6 Å². The number of hydrogen-bond acceptors (Lipinski definition) is 3. The van der Waals surface area contributed by atoms with Crippen molar-refractivity contribution in [2.45, 2.75) is 19.3 Å². The highest BCUT2D eigenvalue weighted by Crippen LogP contribution is 2.51. The van der Waals surface area contributed by atoms with Crippen LogP contribution in [0.25, 0.3) is 83.3 Å². The van der Waals surface area contributed by atoms with Gasteiger partial charge in [0.15, 0.2) is 11.4 Å². The number of fused-ring (bicyclic) bond motifs is 10. The highest BCUT2D eigenvalue weighted by atomic mass is 16.3. The zero-order valence-electron chi connectivity index (χ0n) is 26.0. The summed E-state index contributed by atoms with van der Waals surface area (Å²) in [5.41, 5.74) is 12.3. The van der Waals surface area contributed by atoms with E-state index in [0.29, 0.717) is 5.82 Å². The first kappa shape index (κ1) is 26.2. The van der Waals surface area contributed by atoms with Gasteiger partial charge < -0.3 is 8.98 Å². The van der Waals surface area contributed by atoms with E-state index >= 15 is 0 Å². The Bertz CT molecular complexity index is 2710. The number of aromatic nitrogens is 3. The Balaban J connectivity index is 1.32. The van der Waals surface area contributed by atoms with Gasteiger partial charge >= 0.3 is 0 Å². The average Bonchev–Trinajstić information content (AvgIpc) is 3.74. The molecule has 4 heteroatoms. The molecule has 3 aromatic heterocycles. The fourth-order valence-corrected chi connectivity index (χ4v) is 7.88. The summed E-state index contributed by atoms with van der Waals surface area (Å²) >= 11 is 0. The van der Waals surface area contributed by atoms with Crippen LogP contribution < -0.4 is 0 Å². The Kier molecular flexibility index (Phi) is 5.31. The molecule has 0 fully saturated rings. The summed E-state index contributed by atoms with van der Waals surface area (Å²) in [4.78, 5) is 10.9. The monoisotopic (exact) mass is 603 g/mol. The summed E-state index contributed by atoms with van der Waals surface area (Å²) in [7, 11) is 0. The molecule has 0 spiro atoms. The highest BCUT2D eigenvalue weighted by molar-refractivity contribution is 6.21. The van der Waals surface area contributed by atoms with Crippen LogP contribution >= 0.6 is 0 Å². The van der Waals surface area contributed by atoms with Gasteiger partial charge in [-0.2, -0.15) is 0 Å². The van der Waals surface area contributed by atoms with Crippen molar-refractivity contribution in [3.8, 4) is 39.6 Å². The molecule has 4 nitrogen and oxygen atoms in total. The third-order valence-corrected chi connectivity index (χ3v) is 10.0. The van der Waals surface area contributed by atoms with Gasteiger partial charge in [-0.05, 0) is 35.9 Å². The summed E-state index contributed by atoms with van der Waals surface area (Å²) in [6, 6.07) is 49.0. The normalized spacial score (nSPS) is 13.5. The van der Waals surface area contributed by atoms with Gasteiger partial charge in [-0.1, -0.05) is 123 Å². The number of hydrogen-bond donors (Lipinski definition) is 0. The van der Waals surface area contributed by atoms with E-state index in [4.69, 9.17) is 14.4 Å². The van der Waals surface area contributed by atoms with E-state index in [1.54, 1.807) is 0 Å². The zero-order valence-corrected chi connectivity index (χ0v) is 26.0. The van der Waals surface area contributed by atoms with Crippen molar-refractivity contribution in [1.82, 2.24) is 14.5 Å². The van der Waals surface area contributed by atoms with Gasteiger partial charge in [0.25, 0.3) is 0 Å². The van der Waals surface area contributed by atoms with Crippen LogP contribution in [0.4, 0.5) is 0 Å². The second-order valence-corrected chi connectivity index (χ2v) is 13.0. The predicted octanol–water partition coefficient (Wildman–Crippen LogP) is 11.1. The molecule has 0 saturated heterocycles. The third-order valence-electron chi connectivity index (χ3n) is 10.0. The maximum atomic E-state index is 6.65. The summed E-state index contributed by atoms with van der Waals surface area (Å²) in [6.45, 7) is 4.58. The molecule has 0 amide bonds. The van der Waals surface area contributed by atoms with E-state index in [2.05, 4.69) is 146 Å². The van der Waals surface area contributed by atoms with E-state index < -0.39 is 0 Å². The van der Waals surface area contributed by atoms with E-state index in [-0.39, 0.29) is 5.41 Å². The van der Waals surface area contributed by atoms with Crippen LogP contribution in [-0.4, -0.2) is 14.5 Å². The van der Waals surface area contributed by atoms with Gasteiger partial charge in [-0.15, -0.1) is 0 Å². The Morgan fingerprint density at radius 2 is 1.21 bits per heavy atom. The maximum absolute atomic E-state index is 6.65. The maximum Gasteiger partial charge on any atom is 0.162 e. The second kappa shape index (κ2) is 9.51. The minimum atomic E-state index is -0.241. The summed E-state index contributed by atoms with van der Waals surface area (Å²) < 4.78 is 9.00. The molecule has 0 N–H and O–H groups in total. The number of nitrogens with zero attached hydrogens (tertiary/aromatic N) is 3. The molecule has 1 aliphatic carbocycles. The molecule has 0 bridgehead atoms. The van der Waals surface area contributed by atoms with Gasteiger partial charge in [0, 0.05) is 49.2 Å². The number of benzene rings is 6. The van der Waals surface area contributed by atoms with Crippen molar-refractivity contribution < 1.29 is 4.42 Å². The second-order valence-electron chi connectivity index (χ2n) is 13.0. The molecule has 9 aromatic rings. The average molecular weight is 604 g/mol. The van der Waals surface area contributed by atoms with E-state index in [1.165, 1.54) is 22.1 Å². The van der Waals surface area contributed by atoms with E-state index in [1.807, 2.05) is 12.1 Å². The fraction of sp³-hybridized carbons (Fsp3) is 0.0698. The molecule has 0 saturated carbocycles. The third kappa shape index (κ3) is 3.58. The zero-order chi connectivity index (χ0) is 31.3. The van der Waals surface area contributed by atoms with Gasteiger partial charge in [0.05, 0.1) is 28.1 Å². The van der Waals surface area contributed by atoms with Crippen molar-refractivity contribution in [3.63, 3.8) is 0 Å². The van der Waals surface area contributed by atoms with Gasteiger partial charge in [-0.3, -0.25) is 0 Å². The number of rotatable bonds is 3. The fourth-order valence-electron chi connectivity index (χ4n) is 7.88. The predicted molar refractivity (Wildman–Crippen MR) is 192 cm³/mol. The smallest absolute Gasteiger partial charge is 0.162 e. The number of para-hydroxylation sites is 3. The quantitative estimate of drug-likeness (QED) is 0.202. The molecule has 10 rings (SSSR count). The molecular formula is C43H29N3O. The molecule has 0 radical (unpaired) electrons. The Hall–Kier alpha value is -6.00. The van der Waals surface area contributed by atoms with Crippen molar-refractivity contribution in [3.05, 3.63) is 151 Å². The lowest BCUT2D eigenvalue weighted by atomic mass is 9.81. The topological polar surface area (TPSA) is 43.9 Å². The first-order valence-corrected chi connectivity index (χ1v) is 16.1. The Labute approximate surface area is 271 Å². The molecule has 0 atom stereocenters. The van der Waals surface area contributed by atoms with Crippen LogP contribution in [0.3, 0.4) is 0 Å². The molecule has 3 heterocycles. The first-order valence-electron chi connectivity index (χ1n) is 16.1. The van der Waals surface area contributed by atoms with Crippen molar-refractivity contribution >= 4 is 43.7 Å². The standard InChI is InChI=1S/C43H29N3O/c1-43(2)33-20-10-6-18-31(33)39-37(43)38(26-14-4-3-5-15-26)44-42(45-39)32-19-8-12-22-35(32)46-34-21-11-7-16-27(34)29-24-25-30-28-17-9-13-23-36(28)47-41(30)40(29)46/h3-25H,1-2H3. The van der Waals surface area contributed by atoms with Gasteiger partial charge in [-0.25, -0.2) is 9.97 Å². The first-order chi connectivity index (χ1) is 23.1. The van der Waals surface area contributed by atoms with E-state index in [9.17, 15) is 0 Å². The largest absolute Gasteiger partial charge is 0.454 e. The molecule has 222 valence electrons. The minimum absolute atomic E-state index is 0.241. The van der Waals surface area contributed by atoms with Crippen molar-refractivity contribution in [2.75, 3.05) is 0 Å². The Morgan fingerprint density at radius 3 is 2.09 bits per heavy atom. The molecule has 0 aliphatic heterocycles. The lowest BCUT2D eigenvalue weighted by Gasteiger charge is -2.24. The van der Waals surface area contributed by atoms with Gasteiger partial charge in [0.2, 0.25) is 0 Å². The Morgan fingerprint density at radius 1 is 0.553 bits per heavy atom. The summed E-state index contributed by atoms with van der Waals surface area (Å²) in [5.74, 6) is 0.702. The highest BCUT2D eigenvalue weighted by Gasteiger charge is 2.40. The van der Waals surface area contributed by atoms with Crippen LogP contribution in [0, 0.1) is 0 Å². The van der Waals surface area contributed by atoms with Crippen LogP contribution in [-0.2, 0) is 5.41 Å². The minimum Gasteiger partial charge on any atom is -0.454 e. The molecule has 6 aromatic carbocycles. The van der Waals surface area contributed by atoms with Crippen LogP contribution in [0.5, 0.6) is 0 Å². The molecule has 47 heavy (non-hydrogen) atoms. The van der Waals surface area contributed by atoms with Crippen molar-refractivity contribution in [2.24, 2.45) is 0 Å². The molecular weight excluding hydrogens is 574 g/mol. The van der Waals surface area contributed by atoms with Crippen LogP contribution in [0.2, 0.25) is 0 Å². The van der Waals surface area contributed by atoms with Crippen molar-refractivity contribution in [1.29, 1.82) is 0 Å². The number of furan rings is 1. The van der Waals surface area contributed by atoms with Gasteiger partial charge in [0.1, 0.15) is 5.58 Å². The summed E-state index contributed by atoms with van der Waals surface area (Å²) in [5, 5.41) is 4.55. The van der Waals surface area contributed by atoms with Crippen LogP contribution in [0.15, 0.2) is 144 Å². The molecule has 1 aliphatic rings.